The zero-order valence-electron chi connectivity index (χ0n) is 15.4. The molecule has 0 bridgehead atoms. The summed E-state index contributed by atoms with van der Waals surface area (Å²) in [6, 6.07) is 14.5. The molecule has 0 fully saturated rings. The Hall–Kier alpha value is -3.17. The number of nitrogens with one attached hydrogen (secondary N) is 2. The number of benzene rings is 2. The van der Waals surface area contributed by atoms with E-state index in [2.05, 4.69) is 15.0 Å². The van der Waals surface area contributed by atoms with Gasteiger partial charge in [0.05, 0.1) is 11.8 Å². The molecule has 2 heterocycles. The van der Waals surface area contributed by atoms with Crippen LogP contribution >= 0.6 is 11.3 Å². The second-order valence-corrected chi connectivity index (χ2v) is 9.34. The van der Waals surface area contributed by atoms with Crippen molar-refractivity contribution in [1.82, 2.24) is 4.98 Å². The Kier molecular flexibility index (Phi) is 5.08. The molecule has 9 heteroatoms. The SMILES string of the molecule is CS(=O)(=O)Nc1ccc(Cc2cnc(NC(=O)c3coc4ccccc34)s2)cc1. The Morgan fingerprint density at radius 2 is 1.90 bits per heavy atom. The molecule has 2 aromatic heterocycles. The lowest BCUT2D eigenvalue weighted by Crippen LogP contribution is -2.10. The fraction of sp³-hybridized carbons (Fsp3) is 0.100. The Morgan fingerprint density at radius 3 is 2.66 bits per heavy atom. The number of aromatic nitrogens is 1. The number of carbonyl (C=O) groups excluding carboxylic acids is 1. The van der Waals surface area contributed by atoms with Crippen molar-refractivity contribution in [3.63, 3.8) is 0 Å². The van der Waals surface area contributed by atoms with E-state index in [0.717, 1.165) is 22.1 Å². The first kappa shape index (κ1) is 19.2. The van der Waals surface area contributed by atoms with Gasteiger partial charge in [-0.1, -0.05) is 30.3 Å². The van der Waals surface area contributed by atoms with Crippen molar-refractivity contribution in [2.24, 2.45) is 0 Å². The number of fused-ring (bicyclic) bond motifs is 1. The van der Waals surface area contributed by atoms with Crippen LogP contribution in [0.3, 0.4) is 0 Å². The first-order valence-electron chi connectivity index (χ1n) is 8.66. The van der Waals surface area contributed by atoms with E-state index in [1.54, 1.807) is 18.3 Å². The molecule has 0 aliphatic carbocycles. The van der Waals surface area contributed by atoms with E-state index in [0.29, 0.717) is 28.4 Å². The number of hydrogen-bond acceptors (Lipinski definition) is 6. The fourth-order valence-corrected chi connectivity index (χ4v) is 4.28. The topological polar surface area (TPSA) is 101 Å². The first-order valence-corrected chi connectivity index (χ1v) is 11.4. The van der Waals surface area contributed by atoms with Crippen molar-refractivity contribution in [2.45, 2.75) is 6.42 Å². The molecule has 0 spiro atoms. The van der Waals surface area contributed by atoms with Crippen LogP contribution in [0.1, 0.15) is 20.8 Å². The molecular formula is C20H17N3O4S2. The van der Waals surface area contributed by atoms with Crippen molar-refractivity contribution in [1.29, 1.82) is 0 Å². The molecule has 4 rings (SSSR count). The average molecular weight is 428 g/mol. The Morgan fingerprint density at radius 1 is 1.14 bits per heavy atom. The summed E-state index contributed by atoms with van der Waals surface area (Å²) in [7, 11) is -3.29. The van der Waals surface area contributed by atoms with Gasteiger partial charge in [0.25, 0.3) is 5.91 Å². The summed E-state index contributed by atoms with van der Waals surface area (Å²) in [6.45, 7) is 0. The maximum Gasteiger partial charge on any atom is 0.261 e. The maximum absolute atomic E-state index is 12.5. The molecule has 0 radical (unpaired) electrons. The third-order valence-corrected chi connectivity index (χ3v) is 5.65. The molecule has 0 atom stereocenters. The van der Waals surface area contributed by atoms with E-state index in [-0.39, 0.29) is 5.91 Å². The van der Waals surface area contributed by atoms with Crippen molar-refractivity contribution >= 4 is 49.1 Å². The van der Waals surface area contributed by atoms with Crippen molar-refractivity contribution in [3.8, 4) is 0 Å². The van der Waals surface area contributed by atoms with Crippen LogP contribution in [-0.4, -0.2) is 25.6 Å². The van der Waals surface area contributed by atoms with Crippen molar-refractivity contribution in [2.75, 3.05) is 16.3 Å². The molecule has 0 aliphatic heterocycles. The molecule has 7 nitrogen and oxygen atoms in total. The Balaban J connectivity index is 1.42. The highest BCUT2D eigenvalue weighted by molar-refractivity contribution is 7.92. The number of para-hydroxylation sites is 1. The van der Waals surface area contributed by atoms with Gasteiger partial charge < -0.3 is 4.42 Å². The lowest BCUT2D eigenvalue weighted by Gasteiger charge is -2.04. The highest BCUT2D eigenvalue weighted by Gasteiger charge is 2.15. The van der Waals surface area contributed by atoms with Gasteiger partial charge in [-0.05, 0) is 23.8 Å². The lowest BCUT2D eigenvalue weighted by atomic mass is 10.1. The number of hydrogen-bond donors (Lipinski definition) is 2. The molecule has 29 heavy (non-hydrogen) atoms. The summed E-state index contributed by atoms with van der Waals surface area (Å²) in [5.41, 5.74) is 2.64. The molecule has 1 amide bonds. The zero-order valence-corrected chi connectivity index (χ0v) is 17.0. The van der Waals surface area contributed by atoms with Crippen LogP contribution in [0, 0.1) is 0 Å². The van der Waals surface area contributed by atoms with E-state index in [1.807, 2.05) is 36.4 Å². The molecule has 0 saturated carbocycles. The summed E-state index contributed by atoms with van der Waals surface area (Å²) in [5, 5.41) is 4.07. The Bertz CT molecular complexity index is 1270. The van der Waals surface area contributed by atoms with E-state index in [9.17, 15) is 13.2 Å². The number of anilines is 2. The minimum absolute atomic E-state index is 0.271. The van der Waals surface area contributed by atoms with Crippen LogP contribution in [0.4, 0.5) is 10.8 Å². The maximum atomic E-state index is 12.5. The molecule has 0 unspecified atom stereocenters. The van der Waals surface area contributed by atoms with E-state index >= 15 is 0 Å². The van der Waals surface area contributed by atoms with E-state index in [1.165, 1.54) is 17.6 Å². The minimum atomic E-state index is -3.29. The predicted octanol–water partition coefficient (Wildman–Crippen LogP) is 4.10. The number of rotatable bonds is 6. The van der Waals surface area contributed by atoms with Crippen LogP contribution in [-0.2, 0) is 16.4 Å². The summed E-state index contributed by atoms with van der Waals surface area (Å²) in [4.78, 5) is 17.8. The second-order valence-electron chi connectivity index (χ2n) is 6.48. The fourth-order valence-electron chi connectivity index (χ4n) is 2.87. The van der Waals surface area contributed by atoms with Gasteiger partial charge in [0.1, 0.15) is 11.8 Å². The molecule has 0 saturated heterocycles. The number of amides is 1. The van der Waals surface area contributed by atoms with Gasteiger partial charge in [-0.25, -0.2) is 13.4 Å². The number of sulfonamides is 1. The van der Waals surface area contributed by atoms with E-state index < -0.39 is 10.0 Å². The van der Waals surface area contributed by atoms with Gasteiger partial charge in [0, 0.05) is 28.6 Å². The first-order chi connectivity index (χ1) is 13.9. The van der Waals surface area contributed by atoms with Crippen molar-refractivity contribution < 1.29 is 17.6 Å². The second kappa shape index (κ2) is 7.69. The monoisotopic (exact) mass is 427 g/mol. The molecule has 2 N–H and O–H groups in total. The normalized spacial score (nSPS) is 11.5. The number of nitrogens with zero attached hydrogens (tertiary/aromatic N) is 1. The van der Waals surface area contributed by atoms with Crippen LogP contribution in [0.2, 0.25) is 0 Å². The van der Waals surface area contributed by atoms with Crippen molar-refractivity contribution in [3.05, 3.63) is 77.0 Å². The van der Waals surface area contributed by atoms with Crippen LogP contribution in [0.15, 0.2) is 65.4 Å². The van der Waals surface area contributed by atoms with Crippen LogP contribution < -0.4 is 10.0 Å². The minimum Gasteiger partial charge on any atom is -0.463 e. The van der Waals surface area contributed by atoms with Gasteiger partial charge in [0.2, 0.25) is 10.0 Å². The van der Waals surface area contributed by atoms with Gasteiger partial charge >= 0.3 is 0 Å². The van der Waals surface area contributed by atoms with Gasteiger partial charge in [-0.2, -0.15) is 0 Å². The van der Waals surface area contributed by atoms with Gasteiger partial charge in [-0.15, -0.1) is 11.3 Å². The summed E-state index contributed by atoms with van der Waals surface area (Å²) < 4.78 is 30.4. The van der Waals surface area contributed by atoms with E-state index in [4.69, 9.17) is 4.42 Å². The number of thiazole rings is 1. The third kappa shape index (κ3) is 4.64. The predicted molar refractivity (Wildman–Crippen MR) is 114 cm³/mol. The molecular weight excluding hydrogens is 410 g/mol. The number of carbonyl (C=O) groups is 1. The largest absolute Gasteiger partial charge is 0.463 e. The summed E-state index contributed by atoms with van der Waals surface area (Å²) in [5.74, 6) is -0.271. The lowest BCUT2D eigenvalue weighted by molar-refractivity contribution is 0.102. The molecule has 148 valence electrons. The molecule has 4 aromatic rings. The third-order valence-electron chi connectivity index (χ3n) is 4.14. The molecule has 0 aliphatic rings. The zero-order chi connectivity index (χ0) is 20.4. The number of furan rings is 1. The highest BCUT2D eigenvalue weighted by atomic mass is 32.2. The summed E-state index contributed by atoms with van der Waals surface area (Å²) in [6.07, 6.45) is 4.90. The highest BCUT2D eigenvalue weighted by Crippen LogP contribution is 2.25. The van der Waals surface area contributed by atoms with Crippen LogP contribution in [0.5, 0.6) is 0 Å². The average Bonchev–Trinajstić information content (AvgIpc) is 3.29. The summed E-state index contributed by atoms with van der Waals surface area (Å²) >= 11 is 1.39. The standard InChI is InChI=1S/C20H17N3O4S2/c1-29(25,26)23-14-8-6-13(7-9-14)10-15-11-21-20(28-15)22-19(24)17-12-27-18-5-3-2-4-16(17)18/h2-9,11-12,23H,10H2,1H3,(H,21,22,24). The smallest absolute Gasteiger partial charge is 0.261 e. The van der Waals surface area contributed by atoms with Gasteiger partial charge in [-0.3, -0.25) is 14.8 Å². The Labute approximate surface area is 171 Å². The van der Waals surface area contributed by atoms with Crippen LogP contribution in [0.25, 0.3) is 11.0 Å². The molecule has 2 aromatic carbocycles. The quantitative estimate of drug-likeness (QED) is 0.482. The van der Waals surface area contributed by atoms with Gasteiger partial charge in [0.15, 0.2) is 5.13 Å².